The van der Waals surface area contributed by atoms with E-state index >= 15 is 0 Å². The van der Waals surface area contributed by atoms with Gasteiger partial charge in [-0.05, 0) is 55.8 Å². The number of ether oxygens (including phenoxy) is 3. The topological polar surface area (TPSA) is 94.2 Å². The molecular formula is C26H30N2O6S. The molecule has 3 aromatic carbocycles. The van der Waals surface area contributed by atoms with Crippen LogP contribution in [0.4, 0.5) is 5.69 Å². The lowest BCUT2D eigenvalue weighted by Crippen LogP contribution is -2.40. The van der Waals surface area contributed by atoms with Gasteiger partial charge in [-0.15, -0.1) is 0 Å². The molecule has 0 fully saturated rings. The van der Waals surface area contributed by atoms with Crippen LogP contribution in [-0.2, 0) is 21.4 Å². The molecule has 0 spiro atoms. The highest BCUT2D eigenvalue weighted by atomic mass is 32.2. The quantitative estimate of drug-likeness (QED) is 0.431. The summed E-state index contributed by atoms with van der Waals surface area (Å²) in [4.78, 5) is 13.0. The van der Waals surface area contributed by atoms with Crippen LogP contribution in [-0.4, -0.2) is 41.7 Å². The van der Waals surface area contributed by atoms with Gasteiger partial charge in [0.15, 0.2) is 0 Å². The zero-order valence-corrected chi connectivity index (χ0v) is 21.1. The maximum Gasteiger partial charge on any atom is 0.264 e. The Morgan fingerprint density at radius 3 is 2.17 bits per heavy atom. The van der Waals surface area contributed by atoms with E-state index in [0.29, 0.717) is 18.1 Å². The summed E-state index contributed by atoms with van der Waals surface area (Å²) >= 11 is 0. The number of hydrogen-bond donors (Lipinski definition) is 1. The Kier molecular flexibility index (Phi) is 8.59. The summed E-state index contributed by atoms with van der Waals surface area (Å²) in [7, 11) is -1.18. The second-order valence-electron chi connectivity index (χ2n) is 7.72. The Labute approximate surface area is 206 Å². The lowest BCUT2D eigenvalue weighted by molar-refractivity contribution is -0.119. The fraction of sp³-hybridized carbons (Fsp3) is 0.269. The summed E-state index contributed by atoms with van der Waals surface area (Å²) in [5.74, 6) is 0.989. The van der Waals surface area contributed by atoms with Crippen LogP contribution in [0.1, 0.15) is 18.1 Å². The number of hydrogen-bond acceptors (Lipinski definition) is 6. The number of amides is 1. The molecule has 35 heavy (non-hydrogen) atoms. The van der Waals surface area contributed by atoms with E-state index < -0.39 is 22.5 Å². The standard InChI is InChI=1S/C26H30N2O6S/c1-5-34-21-10-8-20(9-11-21)17-27-26(29)18-28(24-16-22(32-3)12-15-25(24)33-4)35(30,31)23-13-6-19(2)7-14-23/h6-16H,5,17-18H2,1-4H3,(H,27,29). The molecule has 0 bridgehead atoms. The van der Waals surface area contributed by atoms with Crippen molar-refractivity contribution in [2.75, 3.05) is 31.7 Å². The van der Waals surface area contributed by atoms with Crippen molar-refractivity contribution < 1.29 is 27.4 Å². The van der Waals surface area contributed by atoms with Gasteiger partial charge in [-0.2, -0.15) is 0 Å². The fourth-order valence-electron chi connectivity index (χ4n) is 3.39. The van der Waals surface area contributed by atoms with Gasteiger partial charge in [0.2, 0.25) is 5.91 Å². The Balaban J connectivity index is 1.90. The van der Waals surface area contributed by atoms with Gasteiger partial charge < -0.3 is 19.5 Å². The van der Waals surface area contributed by atoms with Crippen molar-refractivity contribution in [2.24, 2.45) is 0 Å². The first-order valence-corrected chi connectivity index (χ1v) is 12.5. The van der Waals surface area contributed by atoms with Crippen molar-refractivity contribution in [3.8, 4) is 17.2 Å². The molecule has 3 rings (SSSR count). The fourth-order valence-corrected chi connectivity index (χ4v) is 4.81. The predicted molar refractivity (Wildman–Crippen MR) is 135 cm³/mol. The van der Waals surface area contributed by atoms with Gasteiger partial charge in [0, 0.05) is 12.6 Å². The Morgan fingerprint density at radius 1 is 0.914 bits per heavy atom. The number of sulfonamides is 1. The summed E-state index contributed by atoms with van der Waals surface area (Å²) in [5.41, 5.74) is 1.97. The van der Waals surface area contributed by atoms with Crippen molar-refractivity contribution in [1.29, 1.82) is 0 Å². The SMILES string of the molecule is CCOc1ccc(CNC(=O)CN(c2cc(OC)ccc2OC)S(=O)(=O)c2ccc(C)cc2)cc1. The third-order valence-corrected chi connectivity index (χ3v) is 7.05. The molecule has 186 valence electrons. The number of carbonyl (C=O) groups excluding carboxylic acids is 1. The average Bonchev–Trinajstić information content (AvgIpc) is 2.86. The Bertz CT molecular complexity index is 1240. The lowest BCUT2D eigenvalue weighted by Gasteiger charge is -2.26. The molecule has 0 atom stereocenters. The van der Waals surface area contributed by atoms with Crippen LogP contribution < -0.4 is 23.8 Å². The van der Waals surface area contributed by atoms with Crippen molar-refractivity contribution in [3.63, 3.8) is 0 Å². The molecule has 3 aromatic rings. The number of nitrogens with one attached hydrogen (secondary N) is 1. The number of methoxy groups -OCH3 is 2. The largest absolute Gasteiger partial charge is 0.497 e. The third kappa shape index (κ3) is 6.45. The van der Waals surface area contributed by atoms with E-state index in [9.17, 15) is 13.2 Å². The van der Waals surface area contributed by atoms with Crippen molar-refractivity contribution in [2.45, 2.75) is 25.3 Å². The Morgan fingerprint density at radius 2 is 1.57 bits per heavy atom. The molecule has 0 aliphatic carbocycles. The van der Waals surface area contributed by atoms with Crippen molar-refractivity contribution >= 4 is 21.6 Å². The van der Waals surface area contributed by atoms with Gasteiger partial charge in [0.1, 0.15) is 23.8 Å². The maximum atomic E-state index is 13.7. The smallest absolute Gasteiger partial charge is 0.264 e. The lowest BCUT2D eigenvalue weighted by atomic mass is 10.2. The predicted octanol–water partition coefficient (Wildman–Crippen LogP) is 3.92. The van der Waals surface area contributed by atoms with E-state index in [1.54, 1.807) is 24.3 Å². The summed E-state index contributed by atoms with van der Waals surface area (Å²) in [6.45, 7) is 4.13. The molecule has 9 heteroatoms. The molecule has 8 nitrogen and oxygen atoms in total. The average molecular weight is 499 g/mol. The van der Waals surface area contributed by atoms with Crippen LogP contribution >= 0.6 is 0 Å². The molecule has 0 aliphatic rings. The molecule has 0 aliphatic heterocycles. The molecule has 0 unspecified atom stereocenters. The highest BCUT2D eigenvalue weighted by Gasteiger charge is 2.30. The molecule has 0 saturated carbocycles. The van der Waals surface area contributed by atoms with Crippen molar-refractivity contribution in [1.82, 2.24) is 5.32 Å². The molecular weight excluding hydrogens is 468 g/mol. The van der Waals surface area contributed by atoms with Gasteiger partial charge in [-0.3, -0.25) is 9.10 Å². The number of benzene rings is 3. The first kappa shape index (κ1) is 25.9. The third-order valence-electron chi connectivity index (χ3n) is 5.27. The first-order chi connectivity index (χ1) is 16.8. The van der Waals surface area contributed by atoms with Crippen LogP contribution in [0, 0.1) is 6.92 Å². The van der Waals surface area contributed by atoms with E-state index in [0.717, 1.165) is 21.2 Å². The van der Waals surface area contributed by atoms with Gasteiger partial charge in [0.05, 0.1) is 31.4 Å². The van der Waals surface area contributed by atoms with Crippen LogP contribution in [0.25, 0.3) is 0 Å². The van der Waals surface area contributed by atoms with E-state index in [4.69, 9.17) is 14.2 Å². The highest BCUT2D eigenvalue weighted by Crippen LogP contribution is 2.35. The second-order valence-corrected chi connectivity index (χ2v) is 9.58. The molecule has 0 saturated heterocycles. The minimum atomic E-state index is -4.10. The minimum Gasteiger partial charge on any atom is -0.497 e. The monoisotopic (exact) mass is 498 g/mol. The zero-order chi connectivity index (χ0) is 25.4. The molecule has 1 amide bonds. The molecule has 0 heterocycles. The molecule has 1 N–H and O–H groups in total. The highest BCUT2D eigenvalue weighted by molar-refractivity contribution is 7.92. The maximum absolute atomic E-state index is 13.7. The van der Waals surface area contributed by atoms with Gasteiger partial charge in [0.25, 0.3) is 10.0 Å². The van der Waals surface area contributed by atoms with Crippen LogP contribution in [0.5, 0.6) is 17.2 Å². The number of anilines is 1. The Hall–Kier alpha value is -3.72. The normalized spacial score (nSPS) is 11.0. The van der Waals surface area contributed by atoms with E-state index in [2.05, 4.69) is 5.32 Å². The summed E-state index contributed by atoms with van der Waals surface area (Å²) in [6, 6.07) is 18.6. The van der Waals surface area contributed by atoms with Crippen LogP contribution in [0.15, 0.2) is 71.6 Å². The molecule has 0 radical (unpaired) electrons. The molecule has 0 aromatic heterocycles. The summed E-state index contributed by atoms with van der Waals surface area (Å²) < 4.78 is 44.5. The van der Waals surface area contributed by atoms with E-state index in [1.165, 1.54) is 32.4 Å². The minimum absolute atomic E-state index is 0.0623. The number of rotatable bonds is 11. The van der Waals surface area contributed by atoms with E-state index in [1.807, 2.05) is 38.1 Å². The number of aryl methyl sites for hydroxylation is 1. The van der Waals surface area contributed by atoms with Gasteiger partial charge >= 0.3 is 0 Å². The van der Waals surface area contributed by atoms with Gasteiger partial charge in [-0.25, -0.2) is 8.42 Å². The summed E-state index contributed by atoms with van der Waals surface area (Å²) in [6.07, 6.45) is 0. The second kappa shape index (κ2) is 11.6. The van der Waals surface area contributed by atoms with Crippen LogP contribution in [0.2, 0.25) is 0 Å². The van der Waals surface area contributed by atoms with Gasteiger partial charge in [-0.1, -0.05) is 29.8 Å². The van der Waals surface area contributed by atoms with Crippen LogP contribution in [0.3, 0.4) is 0 Å². The zero-order valence-electron chi connectivity index (χ0n) is 20.3. The van der Waals surface area contributed by atoms with Crippen molar-refractivity contribution in [3.05, 3.63) is 77.9 Å². The van der Waals surface area contributed by atoms with E-state index in [-0.39, 0.29) is 17.1 Å². The summed E-state index contributed by atoms with van der Waals surface area (Å²) in [5, 5.41) is 2.79. The first-order valence-electron chi connectivity index (χ1n) is 11.1. The number of nitrogens with zero attached hydrogens (tertiary/aromatic N) is 1. The number of carbonyl (C=O) groups is 1.